The van der Waals surface area contributed by atoms with Crippen LogP contribution in [0.15, 0.2) is 40.9 Å². The van der Waals surface area contributed by atoms with E-state index in [4.69, 9.17) is 14.7 Å². The Hall–Kier alpha value is -1.04. The maximum absolute atomic E-state index is 8.76. The van der Waals surface area contributed by atoms with Crippen LogP contribution >= 0.6 is 15.9 Å². The molecule has 0 spiro atoms. The van der Waals surface area contributed by atoms with Crippen LogP contribution in [0.1, 0.15) is 0 Å². The number of rotatable bonds is 2. The van der Waals surface area contributed by atoms with Gasteiger partial charge >= 0.3 is 7.32 Å². The third-order valence-corrected chi connectivity index (χ3v) is 2.75. The first-order valence-electron chi connectivity index (χ1n) is 4.38. The Bertz CT molecular complexity index is 487. The van der Waals surface area contributed by atoms with Crippen molar-refractivity contribution in [2.24, 2.45) is 0 Å². The molecular formula is C10H8BBrO3. The average molecular weight is 267 g/mol. The molecule has 0 heterocycles. The Balaban J connectivity index is 2.61. The zero-order chi connectivity index (χ0) is 10.8. The van der Waals surface area contributed by atoms with Gasteiger partial charge in [-0.3, -0.25) is 0 Å². The molecule has 2 N–H and O–H groups in total. The highest BCUT2D eigenvalue weighted by molar-refractivity contribution is 9.10. The molecule has 76 valence electrons. The van der Waals surface area contributed by atoms with Crippen LogP contribution < -0.4 is 4.65 Å². The van der Waals surface area contributed by atoms with E-state index in [1.165, 1.54) is 0 Å². The van der Waals surface area contributed by atoms with Crippen molar-refractivity contribution in [1.29, 1.82) is 0 Å². The largest absolute Gasteiger partial charge is 0.707 e. The van der Waals surface area contributed by atoms with E-state index in [0.29, 0.717) is 5.75 Å². The summed E-state index contributed by atoms with van der Waals surface area (Å²) in [5, 5.41) is 19.3. The van der Waals surface area contributed by atoms with Gasteiger partial charge in [-0.15, -0.1) is 0 Å². The van der Waals surface area contributed by atoms with Gasteiger partial charge in [-0.25, -0.2) is 0 Å². The van der Waals surface area contributed by atoms with Crippen molar-refractivity contribution in [3.63, 3.8) is 0 Å². The van der Waals surface area contributed by atoms with Crippen LogP contribution in [0, 0.1) is 0 Å². The highest BCUT2D eigenvalue weighted by Crippen LogP contribution is 2.30. The Morgan fingerprint density at radius 3 is 2.40 bits per heavy atom. The fourth-order valence-corrected chi connectivity index (χ4v) is 1.96. The van der Waals surface area contributed by atoms with Crippen molar-refractivity contribution in [2.75, 3.05) is 0 Å². The van der Waals surface area contributed by atoms with Gasteiger partial charge in [-0.05, 0) is 17.5 Å². The first-order valence-corrected chi connectivity index (χ1v) is 5.18. The lowest BCUT2D eigenvalue weighted by Gasteiger charge is -2.08. The minimum absolute atomic E-state index is 0.448. The molecular weight excluding hydrogens is 259 g/mol. The fraction of sp³-hybridized carbons (Fsp3) is 0. The molecule has 0 aromatic heterocycles. The first-order chi connectivity index (χ1) is 7.18. The van der Waals surface area contributed by atoms with E-state index < -0.39 is 7.32 Å². The summed E-state index contributed by atoms with van der Waals surface area (Å²) >= 11 is 3.42. The average Bonchev–Trinajstić information content (AvgIpc) is 2.19. The molecule has 0 fully saturated rings. The van der Waals surface area contributed by atoms with Gasteiger partial charge in [0.2, 0.25) is 0 Å². The van der Waals surface area contributed by atoms with Gasteiger partial charge in [0.15, 0.2) is 0 Å². The van der Waals surface area contributed by atoms with E-state index in [0.717, 1.165) is 15.2 Å². The molecule has 0 aliphatic rings. The second-order valence-electron chi connectivity index (χ2n) is 3.04. The number of hydrogen-bond acceptors (Lipinski definition) is 3. The lowest BCUT2D eigenvalue weighted by molar-refractivity contribution is 0.289. The lowest BCUT2D eigenvalue weighted by Crippen LogP contribution is -2.20. The molecule has 5 heteroatoms. The zero-order valence-corrected chi connectivity index (χ0v) is 9.31. The summed E-state index contributed by atoms with van der Waals surface area (Å²) in [5.74, 6) is 0.448. The van der Waals surface area contributed by atoms with Crippen LogP contribution in [0.25, 0.3) is 10.8 Å². The lowest BCUT2D eigenvalue weighted by atomic mass is 10.1. The van der Waals surface area contributed by atoms with E-state index in [-0.39, 0.29) is 0 Å². The summed E-state index contributed by atoms with van der Waals surface area (Å²) < 4.78 is 5.82. The van der Waals surface area contributed by atoms with E-state index in [1.54, 1.807) is 12.1 Å². The molecule has 0 atom stereocenters. The van der Waals surface area contributed by atoms with Crippen LogP contribution in [-0.4, -0.2) is 17.4 Å². The number of halogens is 1. The third-order valence-electron chi connectivity index (χ3n) is 2.06. The van der Waals surface area contributed by atoms with E-state index >= 15 is 0 Å². The normalized spacial score (nSPS) is 10.3. The highest BCUT2D eigenvalue weighted by atomic mass is 79.9. The van der Waals surface area contributed by atoms with Gasteiger partial charge in [0, 0.05) is 9.86 Å². The zero-order valence-electron chi connectivity index (χ0n) is 7.72. The maximum atomic E-state index is 8.76. The van der Waals surface area contributed by atoms with E-state index in [1.807, 2.05) is 24.3 Å². The highest BCUT2D eigenvalue weighted by Gasteiger charge is 2.13. The quantitative estimate of drug-likeness (QED) is 0.817. The van der Waals surface area contributed by atoms with Crippen molar-refractivity contribution >= 4 is 34.0 Å². The molecule has 0 amide bonds. The molecule has 0 saturated carbocycles. The smallest absolute Gasteiger partial charge is 0.512 e. The van der Waals surface area contributed by atoms with Crippen molar-refractivity contribution in [3.05, 3.63) is 40.9 Å². The van der Waals surface area contributed by atoms with Crippen LogP contribution in [0.2, 0.25) is 0 Å². The molecule has 0 unspecified atom stereocenters. The molecule has 2 aromatic rings. The molecule has 0 aliphatic heterocycles. The minimum atomic E-state index is -1.80. The Kier molecular flexibility index (Phi) is 2.95. The fourth-order valence-electron chi connectivity index (χ4n) is 1.46. The van der Waals surface area contributed by atoms with Gasteiger partial charge in [-0.1, -0.05) is 40.2 Å². The van der Waals surface area contributed by atoms with Crippen molar-refractivity contribution in [2.45, 2.75) is 0 Å². The second kappa shape index (κ2) is 4.22. The summed E-state index contributed by atoms with van der Waals surface area (Å²) in [5.41, 5.74) is 0. The summed E-state index contributed by atoms with van der Waals surface area (Å²) in [6.45, 7) is 0. The van der Waals surface area contributed by atoms with Crippen molar-refractivity contribution in [1.82, 2.24) is 0 Å². The van der Waals surface area contributed by atoms with Gasteiger partial charge in [0.05, 0.1) is 0 Å². The molecule has 0 aliphatic carbocycles. The van der Waals surface area contributed by atoms with Crippen LogP contribution in [0.4, 0.5) is 0 Å². The molecule has 0 saturated heterocycles. The van der Waals surface area contributed by atoms with E-state index in [2.05, 4.69) is 15.9 Å². The minimum Gasteiger partial charge on any atom is -0.512 e. The van der Waals surface area contributed by atoms with Crippen LogP contribution in [-0.2, 0) is 0 Å². The van der Waals surface area contributed by atoms with Crippen LogP contribution in [0.3, 0.4) is 0 Å². The Morgan fingerprint density at radius 2 is 1.67 bits per heavy atom. The molecule has 0 bridgehead atoms. The molecule has 3 nitrogen and oxygen atoms in total. The summed E-state index contributed by atoms with van der Waals surface area (Å²) in [6, 6.07) is 11.1. The van der Waals surface area contributed by atoms with Gasteiger partial charge in [-0.2, -0.15) is 0 Å². The van der Waals surface area contributed by atoms with Crippen molar-refractivity contribution < 1.29 is 14.7 Å². The number of benzene rings is 2. The maximum Gasteiger partial charge on any atom is 0.707 e. The van der Waals surface area contributed by atoms with Gasteiger partial charge in [0.25, 0.3) is 0 Å². The molecule has 0 radical (unpaired) electrons. The topological polar surface area (TPSA) is 49.7 Å². The molecule has 2 aromatic carbocycles. The predicted octanol–water partition coefficient (Wildman–Crippen LogP) is 1.95. The van der Waals surface area contributed by atoms with Gasteiger partial charge in [0.1, 0.15) is 5.75 Å². The monoisotopic (exact) mass is 266 g/mol. The standard InChI is InChI=1S/C10H8BBrO3/c12-9-5-1-4-8-7(9)3-2-6-10(8)15-11(13)14/h1-6,13-14H. The van der Waals surface area contributed by atoms with Crippen molar-refractivity contribution in [3.8, 4) is 5.75 Å². The molecule has 15 heavy (non-hydrogen) atoms. The third kappa shape index (κ3) is 2.14. The van der Waals surface area contributed by atoms with E-state index in [9.17, 15) is 0 Å². The van der Waals surface area contributed by atoms with Crippen LogP contribution in [0.5, 0.6) is 5.75 Å². The summed E-state index contributed by atoms with van der Waals surface area (Å²) in [4.78, 5) is 0. The first kappa shape index (κ1) is 10.5. The summed E-state index contributed by atoms with van der Waals surface area (Å²) in [7, 11) is -1.80. The predicted molar refractivity (Wildman–Crippen MR) is 62.5 cm³/mol. The Morgan fingerprint density at radius 1 is 1.00 bits per heavy atom. The second-order valence-corrected chi connectivity index (χ2v) is 3.89. The number of hydrogen-bond donors (Lipinski definition) is 2. The van der Waals surface area contributed by atoms with Gasteiger partial charge < -0.3 is 14.7 Å². The number of fused-ring (bicyclic) bond motifs is 1. The SMILES string of the molecule is OB(O)Oc1cccc2c(Br)cccc12. The Labute approximate surface area is 95.6 Å². The summed E-state index contributed by atoms with van der Waals surface area (Å²) in [6.07, 6.45) is 0. The molecule has 2 rings (SSSR count).